The molecule has 2 aliphatic rings. The van der Waals surface area contributed by atoms with Gasteiger partial charge in [-0.3, -0.25) is 4.79 Å². The number of carbonyl (C=O) groups is 1. The number of carbonyl (C=O) groups excluding carboxylic acids is 1. The molecule has 0 amide bonds. The molecule has 4 heteroatoms. The summed E-state index contributed by atoms with van der Waals surface area (Å²) in [7, 11) is 3.43. The zero-order chi connectivity index (χ0) is 15.7. The first-order chi connectivity index (χ1) is 10.6. The second kappa shape index (κ2) is 6.13. The van der Waals surface area contributed by atoms with Crippen LogP contribution < -0.4 is 9.64 Å². The smallest absolute Gasteiger partial charge is 0.157 e. The maximum atomic E-state index is 12.0. The van der Waals surface area contributed by atoms with Crippen molar-refractivity contribution >= 4 is 11.5 Å². The Morgan fingerprint density at radius 1 is 1.18 bits per heavy atom. The highest BCUT2D eigenvalue weighted by Crippen LogP contribution is 2.42. The van der Waals surface area contributed by atoms with Gasteiger partial charge in [0.05, 0.1) is 13.2 Å². The van der Waals surface area contributed by atoms with E-state index in [1.54, 1.807) is 21.1 Å². The number of nitrogens with zero attached hydrogens (tertiary/aromatic N) is 1. The Morgan fingerprint density at radius 2 is 1.91 bits per heavy atom. The lowest BCUT2D eigenvalue weighted by Gasteiger charge is -2.36. The molecule has 3 atom stereocenters. The fraction of sp³-hybridized carbons (Fsp3) is 0.500. The van der Waals surface area contributed by atoms with E-state index < -0.39 is 0 Å². The second-order valence-corrected chi connectivity index (χ2v) is 6.09. The van der Waals surface area contributed by atoms with Gasteiger partial charge in [-0.05, 0) is 50.5 Å². The monoisotopic (exact) mass is 301 g/mol. The van der Waals surface area contributed by atoms with E-state index in [1.807, 2.05) is 18.3 Å². The normalized spacial score (nSPS) is 27.3. The molecule has 0 spiro atoms. The topological polar surface area (TPSA) is 38.8 Å². The molecule has 0 aromatic heterocycles. The molecule has 1 fully saturated rings. The van der Waals surface area contributed by atoms with Gasteiger partial charge in [-0.15, -0.1) is 0 Å². The quantitative estimate of drug-likeness (QED) is 0.856. The third-order valence-electron chi connectivity index (χ3n) is 4.91. The summed E-state index contributed by atoms with van der Waals surface area (Å²) in [6, 6.07) is 8.39. The van der Waals surface area contributed by atoms with Gasteiger partial charge < -0.3 is 14.4 Å². The van der Waals surface area contributed by atoms with E-state index in [0.717, 1.165) is 36.3 Å². The minimum atomic E-state index is 0.169. The summed E-state index contributed by atoms with van der Waals surface area (Å²) in [5, 5.41) is 0. The van der Waals surface area contributed by atoms with Crippen LogP contribution in [0, 0.1) is 5.92 Å². The van der Waals surface area contributed by atoms with Crippen LogP contribution in [0.5, 0.6) is 5.75 Å². The summed E-state index contributed by atoms with van der Waals surface area (Å²) >= 11 is 0. The molecular weight excluding hydrogens is 278 g/mol. The van der Waals surface area contributed by atoms with Gasteiger partial charge in [0.25, 0.3) is 0 Å². The summed E-state index contributed by atoms with van der Waals surface area (Å²) in [4.78, 5) is 14.3. The molecular formula is C18H23NO3. The molecule has 0 N–H and O–H groups in total. The molecule has 118 valence electrons. The van der Waals surface area contributed by atoms with Crippen molar-refractivity contribution in [3.8, 4) is 5.75 Å². The van der Waals surface area contributed by atoms with Crippen molar-refractivity contribution in [3.05, 3.63) is 36.0 Å². The predicted octanol–water partition coefficient (Wildman–Crippen LogP) is 3.17. The van der Waals surface area contributed by atoms with E-state index >= 15 is 0 Å². The summed E-state index contributed by atoms with van der Waals surface area (Å²) in [6.45, 7) is 1.66. The number of hydrogen-bond donors (Lipinski definition) is 0. The Bertz CT molecular complexity index is 578. The van der Waals surface area contributed by atoms with Crippen molar-refractivity contribution in [2.24, 2.45) is 5.92 Å². The van der Waals surface area contributed by atoms with Crippen molar-refractivity contribution < 1.29 is 14.3 Å². The molecule has 22 heavy (non-hydrogen) atoms. The van der Waals surface area contributed by atoms with Gasteiger partial charge in [-0.2, -0.15) is 0 Å². The Kier molecular flexibility index (Phi) is 4.21. The van der Waals surface area contributed by atoms with E-state index in [2.05, 4.69) is 17.0 Å². The molecule has 2 unspecified atom stereocenters. The first-order valence-corrected chi connectivity index (χ1v) is 7.82. The Labute approximate surface area is 131 Å². The van der Waals surface area contributed by atoms with Crippen LogP contribution in [0.15, 0.2) is 36.0 Å². The largest absolute Gasteiger partial charge is 0.497 e. The van der Waals surface area contributed by atoms with E-state index in [0.29, 0.717) is 6.04 Å². The van der Waals surface area contributed by atoms with E-state index in [4.69, 9.17) is 9.47 Å². The Morgan fingerprint density at radius 3 is 2.50 bits per heavy atom. The molecule has 0 bridgehead atoms. The molecule has 1 aromatic rings. The summed E-state index contributed by atoms with van der Waals surface area (Å²) in [6.07, 6.45) is 5.32. The lowest BCUT2D eigenvalue weighted by Crippen LogP contribution is -2.39. The van der Waals surface area contributed by atoms with Crippen LogP contribution in [0.25, 0.3) is 0 Å². The third kappa shape index (κ3) is 2.63. The summed E-state index contributed by atoms with van der Waals surface area (Å²) in [5.74, 6) is 1.29. The van der Waals surface area contributed by atoms with Crippen molar-refractivity contribution in [1.82, 2.24) is 0 Å². The van der Waals surface area contributed by atoms with Gasteiger partial charge in [0.15, 0.2) is 5.78 Å². The highest BCUT2D eigenvalue weighted by atomic mass is 16.5. The molecule has 4 nitrogen and oxygen atoms in total. The van der Waals surface area contributed by atoms with Gasteiger partial charge in [0, 0.05) is 36.5 Å². The number of hydrogen-bond acceptors (Lipinski definition) is 4. The van der Waals surface area contributed by atoms with Crippen molar-refractivity contribution in [3.63, 3.8) is 0 Å². The zero-order valence-corrected chi connectivity index (χ0v) is 13.4. The molecule has 1 aliphatic heterocycles. The van der Waals surface area contributed by atoms with Crippen molar-refractivity contribution in [2.45, 2.75) is 38.3 Å². The van der Waals surface area contributed by atoms with Crippen LogP contribution in [0.2, 0.25) is 0 Å². The zero-order valence-electron chi connectivity index (χ0n) is 13.4. The highest BCUT2D eigenvalue weighted by Gasteiger charge is 2.41. The maximum absolute atomic E-state index is 12.0. The van der Waals surface area contributed by atoms with Gasteiger partial charge in [-0.1, -0.05) is 0 Å². The van der Waals surface area contributed by atoms with E-state index in [-0.39, 0.29) is 17.8 Å². The minimum absolute atomic E-state index is 0.169. The Balaban J connectivity index is 1.89. The highest BCUT2D eigenvalue weighted by molar-refractivity contribution is 5.95. The molecule has 1 aliphatic carbocycles. The average molecular weight is 301 g/mol. The number of ether oxygens (including phenoxy) is 2. The molecule has 3 rings (SSSR count). The van der Waals surface area contributed by atoms with E-state index in [9.17, 15) is 4.79 Å². The standard InChI is InChI=1S/C18H23NO3/c1-12(20)17-11-19(13-4-6-14(21-2)7-5-13)18-9-8-15(22-3)10-16(17)18/h4-7,11,15-16,18H,8-10H2,1-3H3/t15-,16?,18?/m1/s1. The fourth-order valence-corrected chi connectivity index (χ4v) is 3.71. The number of rotatable bonds is 4. The number of fused-ring (bicyclic) bond motifs is 1. The first kappa shape index (κ1) is 15.1. The maximum Gasteiger partial charge on any atom is 0.157 e. The number of methoxy groups -OCH3 is 2. The number of Topliss-reactive ketones (excluding diaryl/α,β-unsaturated/α-hetero) is 1. The fourth-order valence-electron chi connectivity index (χ4n) is 3.71. The van der Waals surface area contributed by atoms with Crippen LogP contribution in [0.3, 0.4) is 0 Å². The van der Waals surface area contributed by atoms with Gasteiger partial charge in [0.2, 0.25) is 0 Å². The molecule has 0 radical (unpaired) electrons. The second-order valence-electron chi connectivity index (χ2n) is 6.09. The summed E-state index contributed by atoms with van der Waals surface area (Å²) < 4.78 is 10.7. The van der Waals surface area contributed by atoms with Crippen molar-refractivity contribution in [1.29, 1.82) is 0 Å². The predicted molar refractivity (Wildman–Crippen MR) is 86.2 cm³/mol. The lowest BCUT2D eigenvalue weighted by atomic mass is 9.79. The van der Waals surface area contributed by atoms with Crippen LogP contribution >= 0.6 is 0 Å². The number of anilines is 1. The molecule has 0 saturated heterocycles. The first-order valence-electron chi connectivity index (χ1n) is 7.82. The minimum Gasteiger partial charge on any atom is -0.497 e. The van der Waals surface area contributed by atoms with Gasteiger partial charge in [-0.25, -0.2) is 0 Å². The third-order valence-corrected chi connectivity index (χ3v) is 4.91. The lowest BCUT2D eigenvalue weighted by molar-refractivity contribution is -0.114. The van der Waals surface area contributed by atoms with Gasteiger partial charge in [0.1, 0.15) is 5.75 Å². The average Bonchev–Trinajstić information content (AvgIpc) is 2.93. The van der Waals surface area contributed by atoms with Crippen LogP contribution in [0.4, 0.5) is 5.69 Å². The van der Waals surface area contributed by atoms with Crippen molar-refractivity contribution in [2.75, 3.05) is 19.1 Å². The summed E-state index contributed by atoms with van der Waals surface area (Å²) in [5.41, 5.74) is 2.05. The molecule has 1 saturated carbocycles. The SMILES string of the molecule is COc1ccc(N2C=C(C(C)=O)C3C[C@H](OC)CCC32)cc1. The number of ketones is 1. The number of benzene rings is 1. The molecule has 1 aromatic carbocycles. The van der Waals surface area contributed by atoms with Crippen LogP contribution in [-0.4, -0.2) is 32.1 Å². The van der Waals surface area contributed by atoms with Gasteiger partial charge >= 0.3 is 0 Å². The van der Waals surface area contributed by atoms with Crippen LogP contribution in [-0.2, 0) is 9.53 Å². The van der Waals surface area contributed by atoms with E-state index in [1.165, 1.54) is 0 Å². The molecule has 1 heterocycles. The van der Waals surface area contributed by atoms with Crippen LogP contribution in [0.1, 0.15) is 26.2 Å². The Hall–Kier alpha value is -1.81.